The van der Waals surface area contributed by atoms with Crippen LogP contribution in [0.4, 0.5) is 8.78 Å². The third kappa shape index (κ3) is 2.01. The van der Waals surface area contributed by atoms with Gasteiger partial charge in [0.2, 0.25) is 0 Å². The number of ether oxygens (including phenoxy) is 1. The summed E-state index contributed by atoms with van der Waals surface area (Å²) >= 11 is 0. The van der Waals surface area contributed by atoms with E-state index >= 15 is 0 Å². The first-order chi connectivity index (χ1) is 5.75. The Hall–Kier alpha value is -0.970. The molecule has 12 heavy (non-hydrogen) atoms. The molecule has 1 aromatic rings. The van der Waals surface area contributed by atoms with E-state index in [1.807, 2.05) is 0 Å². The minimum atomic E-state index is -2.52. The minimum absolute atomic E-state index is 0.188. The Morgan fingerprint density at radius 1 is 1.75 bits per heavy atom. The molecule has 67 valence electrons. The molecule has 0 atom stereocenters. The predicted octanol–water partition coefficient (Wildman–Crippen LogP) is 1.27. The molecule has 0 unspecified atom stereocenters. The van der Waals surface area contributed by atoms with Gasteiger partial charge in [-0.3, -0.25) is 4.68 Å². The predicted molar refractivity (Wildman–Crippen MR) is 37.9 cm³/mol. The summed E-state index contributed by atoms with van der Waals surface area (Å²) in [4.78, 5) is 0. The van der Waals surface area contributed by atoms with Gasteiger partial charge in [-0.05, 0) is 0 Å². The lowest BCUT2D eigenvalue weighted by molar-refractivity contribution is 0.131. The van der Waals surface area contributed by atoms with Crippen molar-refractivity contribution in [1.82, 2.24) is 9.78 Å². The number of halogens is 2. The zero-order chi connectivity index (χ0) is 8.97. The normalized spacial score (nSPS) is 11.0. The van der Waals surface area contributed by atoms with Gasteiger partial charge in [-0.15, -0.1) is 0 Å². The standard InChI is InChI=1S/C7H9F2N2O/c1-12-5-4-11-6(7(8)9)2-3-10-11/h3,7H,4-5H2,1H3. The molecule has 1 heterocycles. The summed E-state index contributed by atoms with van der Waals surface area (Å²) in [7, 11) is 1.51. The first-order valence-electron chi connectivity index (χ1n) is 3.46. The van der Waals surface area contributed by atoms with Gasteiger partial charge < -0.3 is 4.74 Å². The molecule has 0 aliphatic rings. The lowest BCUT2D eigenvalue weighted by Crippen LogP contribution is -2.09. The topological polar surface area (TPSA) is 27.1 Å². The number of hydrogen-bond donors (Lipinski definition) is 0. The van der Waals surface area contributed by atoms with Crippen molar-refractivity contribution in [3.05, 3.63) is 18.0 Å². The zero-order valence-electron chi connectivity index (χ0n) is 6.63. The van der Waals surface area contributed by atoms with Crippen LogP contribution < -0.4 is 0 Å². The van der Waals surface area contributed by atoms with Crippen LogP contribution in [0, 0.1) is 6.07 Å². The molecule has 0 spiro atoms. The monoisotopic (exact) mass is 175 g/mol. The van der Waals surface area contributed by atoms with Crippen LogP contribution >= 0.6 is 0 Å². The van der Waals surface area contributed by atoms with Crippen molar-refractivity contribution in [1.29, 1.82) is 0 Å². The average Bonchev–Trinajstić information content (AvgIpc) is 2.48. The van der Waals surface area contributed by atoms with Gasteiger partial charge in [0.05, 0.1) is 19.3 Å². The van der Waals surface area contributed by atoms with E-state index in [2.05, 4.69) is 11.2 Å². The summed E-state index contributed by atoms with van der Waals surface area (Å²) in [6.45, 7) is 0.703. The maximum atomic E-state index is 12.2. The molecule has 0 bridgehead atoms. The van der Waals surface area contributed by atoms with Gasteiger partial charge in [-0.2, -0.15) is 5.10 Å². The van der Waals surface area contributed by atoms with Crippen LogP contribution in [-0.4, -0.2) is 23.5 Å². The van der Waals surface area contributed by atoms with E-state index < -0.39 is 6.43 Å². The molecular formula is C7H9F2N2O. The van der Waals surface area contributed by atoms with Crippen LogP contribution in [0.1, 0.15) is 12.1 Å². The van der Waals surface area contributed by atoms with E-state index in [0.29, 0.717) is 13.2 Å². The van der Waals surface area contributed by atoms with Gasteiger partial charge in [0.15, 0.2) is 0 Å². The van der Waals surface area contributed by atoms with Crippen LogP contribution in [0.2, 0.25) is 0 Å². The molecule has 0 N–H and O–H groups in total. The molecule has 0 aliphatic carbocycles. The largest absolute Gasteiger partial charge is 0.383 e. The third-order valence-corrected chi connectivity index (χ3v) is 1.40. The van der Waals surface area contributed by atoms with Crippen molar-refractivity contribution in [2.24, 2.45) is 0 Å². The smallest absolute Gasteiger partial charge is 0.280 e. The fourth-order valence-corrected chi connectivity index (χ4v) is 0.833. The van der Waals surface area contributed by atoms with E-state index in [0.717, 1.165) is 0 Å². The molecular weight excluding hydrogens is 166 g/mol. The molecule has 1 radical (unpaired) electrons. The summed E-state index contributed by atoms with van der Waals surface area (Å²) in [5.41, 5.74) is -0.188. The maximum absolute atomic E-state index is 12.2. The van der Waals surface area contributed by atoms with Gasteiger partial charge in [-0.1, -0.05) is 0 Å². The Balaban J connectivity index is 2.64. The number of methoxy groups -OCH3 is 1. The van der Waals surface area contributed by atoms with Gasteiger partial charge in [-0.25, -0.2) is 8.78 Å². The van der Waals surface area contributed by atoms with E-state index in [1.54, 1.807) is 0 Å². The van der Waals surface area contributed by atoms with Crippen LogP contribution in [0.25, 0.3) is 0 Å². The maximum Gasteiger partial charge on any atom is 0.280 e. The average molecular weight is 175 g/mol. The molecule has 0 saturated carbocycles. The van der Waals surface area contributed by atoms with E-state index in [-0.39, 0.29) is 5.69 Å². The SMILES string of the molecule is COCCn1nc[c]c1C(F)F. The van der Waals surface area contributed by atoms with Gasteiger partial charge >= 0.3 is 0 Å². The second kappa shape index (κ2) is 4.15. The molecule has 1 rings (SSSR count). The molecule has 1 aromatic heterocycles. The van der Waals surface area contributed by atoms with Crippen molar-refractivity contribution in [3.8, 4) is 0 Å². The molecule has 3 nitrogen and oxygen atoms in total. The highest BCUT2D eigenvalue weighted by Gasteiger charge is 2.12. The molecule has 0 amide bonds. The summed E-state index contributed by atoms with van der Waals surface area (Å²) in [6, 6.07) is 2.36. The Morgan fingerprint density at radius 2 is 2.50 bits per heavy atom. The number of nitrogens with zero attached hydrogens (tertiary/aromatic N) is 2. The molecule has 0 aliphatic heterocycles. The molecule has 0 aromatic carbocycles. The summed E-state index contributed by atoms with van der Waals surface area (Å²) in [5, 5.41) is 3.68. The van der Waals surface area contributed by atoms with E-state index in [4.69, 9.17) is 4.74 Å². The molecule has 0 fully saturated rings. The highest BCUT2D eigenvalue weighted by Crippen LogP contribution is 2.16. The van der Waals surface area contributed by atoms with Gasteiger partial charge in [0, 0.05) is 13.2 Å². The highest BCUT2D eigenvalue weighted by molar-refractivity contribution is 4.99. The number of hydrogen-bond acceptors (Lipinski definition) is 2. The summed E-state index contributed by atoms with van der Waals surface area (Å²) in [6.07, 6.45) is -1.29. The summed E-state index contributed by atoms with van der Waals surface area (Å²) in [5.74, 6) is 0. The Labute approximate surface area is 68.9 Å². The summed E-state index contributed by atoms with van der Waals surface area (Å²) < 4.78 is 30.2. The Bertz CT molecular complexity index is 237. The lowest BCUT2D eigenvalue weighted by Gasteiger charge is -2.04. The number of aromatic nitrogens is 2. The first kappa shape index (κ1) is 9.12. The van der Waals surface area contributed by atoms with Crippen molar-refractivity contribution in [2.75, 3.05) is 13.7 Å². The van der Waals surface area contributed by atoms with E-state index in [9.17, 15) is 8.78 Å². The number of alkyl halides is 2. The second-order valence-corrected chi connectivity index (χ2v) is 2.19. The molecule has 0 saturated heterocycles. The van der Waals surface area contributed by atoms with Gasteiger partial charge in [0.25, 0.3) is 6.43 Å². The van der Waals surface area contributed by atoms with Crippen LogP contribution in [-0.2, 0) is 11.3 Å². The highest BCUT2D eigenvalue weighted by atomic mass is 19.3. The van der Waals surface area contributed by atoms with Crippen molar-refractivity contribution >= 4 is 0 Å². The van der Waals surface area contributed by atoms with Crippen LogP contribution in [0.5, 0.6) is 0 Å². The van der Waals surface area contributed by atoms with Crippen LogP contribution in [0.3, 0.4) is 0 Å². The van der Waals surface area contributed by atoms with Gasteiger partial charge in [0.1, 0.15) is 5.69 Å². The number of rotatable bonds is 4. The van der Waals surface area contributed by atoms with Crippen molar-refractivity contribution in [3.63, 3.8) is 0 Å². The second-order valence-electron chi connectivity index (χ2n) is 2.19. The van der Waals surface area contributed by atoms with Crippen molar-refractivity contribution in [2.45, 2.75) is 13.0 Å². The third-order valence-electron chi connectivity index (χ3n) is 1.40. The lowest BCUT2D eigenvalue weighted by atomic mass is 10.4. The Kier molecular flexibility index (Phi) is 3.16. The van der Waals surface area contributed by atoms with Crippen LogP contribution in [0.15, 0.2) is 6.20 Å². The Morgan fingerprint density at radius 3 is 3.08 bits per heavy atom. The van der Waals surface area contributed by atoms with Crippen molar-refractivity contribution < 1.29 is 13.5 Å². The fraction of sp³-hybridized carbons (Fsp3) is 0.571. The molecule has 5 heteroatoms. The minimum Gasteiger partial charge on any atom is -0.383 e. The first-order valence-corrected chi connectivity index (χ1v) is 3.46. The van der Waals surface area contributed by atoms with E-state index in [1.165, 1.54) is 18.0 Å². The fourth-order valence-electron chi connectivity index (χ4n) is 0.833. The zero-order valence-corrected chi connectivity index (χ0v) is 6.63. The quantitative estimate of drug-likeness (QED) is 0.689.